The second-order valence-corrected chi connectivity index (χ2v) is 9.47. The predicted molar refractivity (Wildman–Crippen MR) is 146 cm³/mol. The maximum absolute atomic E-state index is 13.4. The monoisotopic (exact) mass is 569 g/mol. The van der Waals surface area contributed by atoms with E-state index in [0.717, 1.165) is 17.7 Å². The number of rotatable bonds is 6. The Hall–Kier alpha value is -4.15. The van der Waals surface area contributed by atoms with Crippen molar-refractivity contribution in [2.75, 3.05) is 43.1 Å². The highest BCUT2D eigenvalue weighted by molar-refractivity contribution is 6.30. The molecule has 0 spiro atoms. The van der Waals surface area contributed by atoms with Gasteiger partial charge in [-0.25, -0.2) is 9.78 Å². The van der Waals surface area contributed by atoms with Gasteiger partial charge in [0.1, 0.15) is 0 Å². The van der Waals surface area contributed by atoms with Gasteiger partial charge in [-0.3, -0.25) is 4.79 Å². The van der Waals surface area contributed by atoms with Crippen LogP contribution in [0, 0.1) is 0 Å². The molecule has 0 saturated carbocycles. The number of amides is 1. The number of alkyl halides is 3. The van der Waals surface area contributed by atoms with Crippen LogP contribution >= 0.6 is 11.6 Å². The molecule has 11 heteroatoms. The van der Waals surface area contributed by atoms with E-state index in [1.165, 1.54) is 6.07 Å². The highest BCUT2D eigenvalue weighted by Crippen LogP contribution is 2.36. The minimum absolute atomic E-state index is 0.0304. The van der Waals surface area contributed by atoms with Gasteiger partial charge in [0.05, 0.1) is 46.9 Å². The van der Waals surface area contributed by atoms with Crippen LogP contribution in [0.15, 0.2) is 72.8 Å². The first kappa shape index (κ1) is 27.4. The summed E-state index contributed by atoms with van der Waals surface area (Å²) in [7, 11) is 0. The highest BCUT2D eigenvalue weighted by Gasteiger charge is 2.32. The Morgan fingerprint density at radius 1 is 1.00 bits per heavy atom. The molecule has 40 heavy (non-hydrogen) atoms. The van der Waals surface area contributed by atoms with Crippen molar-refractivity contribution in [3.8, 4) is 11.3 Å². The molecule has 7 nitrogen and oxygen atoms in total. The van der Waals surface area contributed by atoms with Gasteiger partial charge in [-0.05, 0) is 42.5 Å². The number of nitrogens with zero attached hydrogens (tertiary/aromatic N) is 2. The zero-order valence-corrected chi connectivity index (χ0v) is 21.8. The zero-order chi connectivity index (χ0) is 28.3. The number of benzene rings is 3. The number of para-hydroxylation sites is 1. The molecule has 0 bridgehead atoms. The Morgan fingerprint density at radius 3 is 2.45 bits per heavy atom. The molecule has 1 aliphatic rings. The molecule has 4 aromatic rings. The Kier molecular flexibility index (Phi) is 7.90. The van der Waals surface area contributed by atoms with Crippen molar-refractivity contribution < 1.29 is 32.2 Å². The first-order valence-electron chi connectivity index (χ1n) is 12.4. The summed E-state index contributed by atoms with van der Waals surface area (Å²) in [5, 5.41) is 3.56. The number of carbonyl (C=O) groups is 2. The van der Waals surface area contributed by atoms with Gasteiger partial charge in [-0.2, -0.15) is 13.2 Å². The number of fused-ring (bicyclic) bond motifs is 1. The van der Waals surface area contributed by atoms with Crippen LogP contribution in [0.5, 0.6) is 0 Å². The van der Waals surface area contributed by atoms with Crippen molar-refractivity contribution in [3.63, 3.8) is 0 Å². The highest BCUT2D eigenvalue weighted by atomic mass is 35.5. The predicted octanol–water partition coefficient (Wildman–Crippen LogP) is 6.21. The van der Waals surface area contributed by atoms with Crippen LogP contribution in [0.4, 0.5) is 24.5 Å². The summed E-state index contributed by atoms with van der Waals surface area (Å²) in [4.78, 5) is 32.4. The molecule has 0 aliphatic carbocycles. The summed E-state index contributed by atoms with van der Waals surface area (Å²) in [6, 6.07) is 18.6. The topological polar surface area (TPSA) is 80.8 Å². The van der Waals surface area contributed by atoms with Gasteiger partial charge in [-0.1, -0.05) is 41.9 Å². The summed E-state index contributed by atoms with van der Waals surface area (Å²) in [6.45, 7) is 1.01. The van der Waals surface area contributed by atoms with Gasteiger partial charge in [0, 0.05) is 29.1 Å². The maximum atomic E-state index is 13.4. The Balaban J connectivity index is 1.36. The SMILES string of the molecule is O=C(COC(=O)c1cc(-c2ccc(Cl)cc2)nc2ccccc12)Nc1cc(C(F)(F)F)ccc1N1CCOCC1. The molecule has 2 heterocycles. The molecule has 5 rings (SSSR count). The fourth-order valence-electron chi connectivity index (χ4n) is 4.40. The molecule has 1 N–H and O–H groups in total. The standard InChI is InChI=1S/C29H23ClF3N3O4/c30-20-8-5-18(6-9-20)24-16-22(21-3-1-2-4-23(21)34-24)28(38)40-17-27(37)35-25-15-19(29(31,32)33)7-10-26(25)36-11-13-39-14-12-36/h1-10,15-16H,11-14,17H2,(H,35,37). The van der Waals surface area contributed by atoms with E-state index in [1.54, 1.807) is 54.6 Å². The minimum atomic E-state index is -4.60. The Morgan fingerprint density at radius 2 is 1.73 bits per heavy atom. The first-order valence-corrected chi connectivity index (χ1v) is 12.7. The molecule has 1 aliphatic heterocycles. The summed E-state index contributed by atoms with van der Waals surface area (Å²) in [5.41, 5.74) is 1.45. The quantitative estimate of drug-likeness (QED) is 0.278. The molecule has 206 valence electrons. The van der Waals surface area contributed by atoms with Gasteiger partial charge in [0.15, 0.2) is 6.61 Å². The van der Waals surface area contributed by atoms with Crippen LogP contribution in [0.2, 0.25) is 5.02 Å². The Labute approximate surface area is 232 Å². The van der Waals surface area contributed by atoms with Crippen LogP contribution < -0.4 is 10.2 Å². The van der Waals surface area contributed by atoms with Crippen LogP contribution in [0.1, 0.15) is 15.9 Å². The van der Waals surface area contributed by atoms with E-state index in [-0.39, 0.29) is 11.3 Å². The van der Waals surface area contributed by atoms with Crippen molar-refractivity contribution in [1.29, 1.82) is 0 Å². The third kappa shape index (κ3) is 6.19. The largest absolute Gasteiger partial charge is 0.452 e. The number of anilines is 2. The van der Waals surface area contributed by atoms with E-state index in [4.69, 9.17) is 21.1 Å². The molecule has 0 unspecified atom stereocenters. The lowest BCUT2D eigenvalue weighted by molar-refractivity contribution is -0.137. The first-order chi connectivity index (χ1) is 19.2. The van der Waals surface area contributed by atoms with Crippen molar-refractivity contribution in [2.24, 2.45) is 0 Å². The fourth-order valence-corrected chi connectivity index (χ4v) is 4.53. The van der Waals surface area contributed by atoms with E-state index < -0.39 is 30.2 Å². The molecule has 0 atom stereocenters. The summed E-state index contributed by atoms with van der Waals surface area (Å²) in [6.07, 6.45) is -4.60. The molecule has 3 aromatic carbocycles. The van der Waals surface area contributed by atoms with E-state index in [1.807, 2.05) is 4.90 Å². The number of ether oxygens (including phenoxy) is 2. The zero-order valence-electron chi connectivity index (χ0n) is 21.0. The third-order valence-corrected chi connectivity index (χ3v) is 6.61. The third-order valence-electron chi connectivity index (χ3n) is 6.36. The number of aromatic nitrogens is 1. The van der Waals surface area contributed by atoms with E-state index in [0.29, 0.717) is 53.6 Å². The average molecular weight is 570 g/mol. The maximum Gasteiger partial charge on any atom is 0.416 e. The van der Waals surface area contributed by atoms with Crippen molar-refractivity contribution in [2.45, 2.75) is 6.18 Å². The summed E-state index contributed by atoms with van der Waals surface area (Å²) in [5.74, 6) is -1.56. The summed E-state index contributed by atoms with van der Waals surface area (Å²) < 4.78 is 50.8. The minimum Gasteiger partial charge on any atom is -0.452 e. The van der Waals surface area contributed by atoms with Gasteiger partial charge in [0.25, 0.3) is 5.91 Å². The molecule has 1 amide bonds. The van der Waals surface area contributed by atoms with Crippen LogP contribution in [-0.2, 0) is 20.4 Å². The molecular weight excluding hydrogens is 547 g/mol. The number of carbonyl (C=O) groups excluding carboxylic acids is 2. The second-order valence-electron chi connectivity index (χ2n) is 9.03. The Bertz CT molecular complexity index is 1550. The lowest BCUT2D eigenvalue weighted by Crippen LogP contribution is -2.37. The second kappa shape index (κ2) is 11.5. The smallest absolute Gasteiger partial charge is 0.416 e. The lowest BCUT2D eigenvalue weighted by atomic mass is 10.0. The van der Waals surface area contributed by atoms with Gasteiger partial charge in [0.2, 0.25) is 0 Å². The average Bonchev–Trinajstić information content (AvgIpc) is 2.95. The molecule has 0 radical (unpaired) electrons. The van der Waals surface area contributed by atoms with Crippen LogP contribution in [0.3, 0.4) is 0 Å². The number of hydrogen-bond donors (Lipinski definition) is 1. The van der Waals surface area contributed by atoms with E-state index in [2.05, 4.69) is 10.3 Å². The summed E-state index contributed by atoms with van der Waals surface area (Å²) >= 11 is 5.99. The molecule has 1 saturated heterocycles. The van der Waals surface area contributed by atoms with Crippen molar-refractivity contribution in [1.82, 2.24) is 4.98 Å². The number of hydrogen-bond acceptors (Lipinski definition) is 6. The van der Waals surface area contributed by atoms with E-state index >= 15 is 0 Å². The number of nitrogens with one attached hydrogen (secondary N) is 1. The number of morpholine rings is 1. The normalized spacial score (nSPS) is 13.8. The number of halogens is 4. The molecule has 1 fully saturated rings. The fraction of sp³-hybridized carbons (Fsp3) is 0.207. The van der Waals surface area contributed by atoms with Crippen LogP contribution in [-0.4, -0.2) is 49.8 Å². The lowest BCUT2D eigenvalue weighted by Gasteiger charge is -2.31. The molecule has 1 aromatic heterocycles. The van der Waals surface area contributed by atoms with Crippen molar-refractivity contribution in [3.05, 3.63) is 88.9 Å². The van der Waals surface area contributed by atoms with Gasteiger partial charge in [-0.15, -0.1) is 0 Å². The van der Waals surface area contributed by atoms with Gasteiger partial charge < -0.3 is 19.7 Å². The molecular formula is C29H23ClF3N3O4. The number of esters is 1. The van der Waals surface area contributed by atoms with Gasteiger partial charge >= 0.3 is 12.1 Å². The van der Waals surface area contributed by atoms with E-state index in [9.17, 15) is 22.8 Å². The van der Waals surface area contributed by atoms with Crippen molar-refractivity contribution >= 4 is 45.8 Å². The number of pyridine rings is 1. The van der Waals surface area contributed by atoms with Crippen LogP contribution in [0.25, 0.3) is 22.2 Å².